The van der Waals surface area contributed by atoms with Crippen LogP contribution in [0.15, 0.2) is 85.1 Å². The first-order chi connectivity index (χ1) is 53.5. The third-order valence-electron chi connectivity index (χ3n) is 21.7. The zero-order valence-corrected chi connectivity index (χ0v) is 64.4. The van der Waals surface area contributed by atoms with Crippen LogP contribution in [0.5, 0.6) is 0 Å². The van der Waals surface area contributed by atoms with E-state index in [2.05, 4.69) is 77.1 Å². The molecule has 23 atom stereocenters. The van der Waals surface area contributed by atoms with Gasteiger partial charge in [-0.2, -0.15) is 18.9 Å². The minimum absolute atomic E-state index is 0.00284. The van der Waals surface area contributed by atoms with E-state index in [9.17, 15) is 90.9 Å². The highest BCUT2D eigenvalue weighted by Gasteiger charge is 2.74. The Labute approximate surface area is 654 Å². The fraction of sp³-hybridized carbons (Fsp3) is 0.597. The predicted octanol–water partition coefficient (Wildman–Crippen LogP) is 4.14. The highest BCUT2D eigenvalue weighted by molar-refractivity contribution is 7.87. The summed E-state index contributed by atoms with van der Waals surface area (Å²) in [6.07, 6.45) is -0.271. The average molecular weight is 1620 g/mol. The largest absolute Gasteiger partial charge is 0.508 e. The Kier molecular flexibility index (Phi) is 27.1. The van der Waals surface area contributed by atoms with Crippen LogP contribution >= 0.6 is 0 Å². The molecular formula is C77H88N2O34S. The van der Waals surface area contributed by atoms with Gasteiger partial charge >= 0.3 is 89.7 Å². The second kappa shape index (κ2) is 35.5. The van der Waals surface area contributed by atoms with Crippen molar-refractivity contribution in [2.24, 2.45) is 64.1 Å². The number of esters is 14. The molecule has 7 heterocycles. The Morgan fingerprint density at radius 2 is 0.912 bits per heavy atom. The first kappa shape index (κ1) is 86.9. The van der Waals surface area contributed by atoms with Crippen LogP contribution in [0.2, 0.25) is 0 Å². The molecule has 114 heavy (non-hydrogen) atoms. The molecule has 36 nitrogen and oxygen atoms in total. The van der Waals surface area contributed by atoms with Crippen LogP contribution in [-0.2, 0) is 157 Å². The number of hydrogen-bond acceptors (Lipinski definition) is 36. The van der Waals surface area contributed by atoms with Crippen molar-refractivity contribution in [1.82, 2.24) is 0 Å². The number of hydrogen-bond donors (Lipinski definition) is 0. The normalized spacial score (nSPS) is 34.1. The van der Waals surface area contributed by atoms with E-state index in [-0.39, 0.29) is 120 Å². The van der Waals surface area contributed by atoms with Crippen molar-refractivity contribution in [2.75, 3.05) is 39.6 Å². The molecule has 0 spiro atoms. The monoisotopic (exact) mass is 1620 g/mol. The van der Waals surface area contributed by atoms with E-state index in [1.807, 2.05) is 0 Å². The van der Waals surface area contributed by atoms with Gasteiger partial charge in [-0.05, 0) is 99.8 Å². The van der Waals surface area contributed by atoms with Gasteiger partial charge in [0.25, 0.3) is 10.1 Å². The summed E-state index contributed by atoms with van der Waals surface area (Å²) >= 11 is 0. The number of rotatable bonds is 19. The quantitative estimate of drug-likeness (QED) is 0.0759. The zero-order valence-electron chi connectivity index (χ0n) is 63.6. The first-order valence-corrected chi connectivity index (χ1v) is 37.9. The van der Waals surface area contributed by atoms with E-state index < -0.39 is 166 Å². The summed E-state index contributed by atoms with van der Waals surface area (Å²) in [6.45, 7) is 34.5. The Morgan fingerprint density at radius 1 is 0.465 bits per heavy atom. The molecule has 15 aliphatic rings. The molecule has 8 aliphatic carbocycles. The van der Waals surface area contributed by atoms with Gasteiger partial charge in [0.2, 0.25) is 6.10 Å². The summed E-state index contributed by atoms with van der Waals surface area (Å²) in [5, 5.41) is 18.0. The van der Waals surface area contributed by atoms with E-state index in [1.165, 1.54) is 20.8 Å². The molecule has 23 unspecified atom stereocenters. The topological polar surface area (TPSA) is 495 Å². The lowest BCUT2D eigenvalue weighted by molar-refractivity contribution is -0.168. The lowest BCUT2D eigenvalue weighted by atomic mass is 9.74. The molecule has 0 aromatic heterocycles. The second-order valence-corrected chi connectivity index (χ2v) is 32.1. The summed E-state index contributed by atoms with van der Waals surface area (Å²) in [7, 11) is -3.53. The average Bonchev–Trinajstić information content (AvgIpc) is 1.55. The lowest BCUT2D eigenvalue weighted by Crippen LogP contribution is -2.40. The van der Waals surface area contributed by atoms with Gasteiger partial charge in [-0.25, -0.2) is 52.7 Å². The molecule has 8 saturated carbocycles. The fourth-order valence-corrected chi connectivity index (χ4v) is 18.3. The maximum atomic E-state index is 11.9. The highest BCUT2D eigenvalue weighted by atomic mass is 32.2. The van der Waals surface area contributed by atoms with Crippen LogP contribution in [0, 0.1) is 86.8 Å². The van der Waals surface area contributed by atoms with E-state index in [0.717, 1.165) is 19.3 Å². The molecular weight excluding hydrogens is 1530 g/mol. The Balaban J connectivity index is 0.000000154. The molecule has 7 aliphatic heterocycles. The molecule has 0 amide bonds. The zero-order chi connectivity index (χ0) is 84.1. The smallest absolute Gasteiger partial charge is 0.463 e. The lowest BCUT2D eigenvalue weighted by Gasteiger charge is -2.27. The molecule has 0 aromatic carbocycles. The van der Waals surface area contributed by atoms with Crippen molar-refractivity contribution in [2.45, 2.75) is 185 Å². The van der Waals surface area contributed by atoms with Gasteiger partial charge in [0.1, 0.15) is 74.8 Å². The molecule has 0 radical (unpaired) electrons. The predicted molar refractivity (Wildman–Crippen MR) is 375 cm³/mol. The fourth-order valence-electron chi connectivity index (χ4n) is 16.4. The molecule has 37 heteroatoms. The molecule has 15 rings (SSSR count). The van der Waals surface area contributed by atoms with Gasteiger partial charge in [0.15, 0.2) is 30.1 Å². The van der Waals surface area contributed by atoms with Crippen LogP contribution in [0.4, 0.5) is 4.79 Å². The summed E-state index contributed by atoms with van der Waals surface area (Å²) < 4.78 is 108. The minimum Gasteiger partial charge on any atom is -0.463 e. The number of nitrogens with zero attached hydrogens (tertiary/aromatic N) is 2. The molecule has 0 aromatic rings. The highest BCUT2D eigenvalue weighted by Crippen LogP contribution is 2.64. The molecule has 15 fully saturated rings. The van der Waals surface area contributed by atoms with Gasteiger partial charge in [-0.15, -0.1) is 0 Å². The van der Waals surface area contributed by atoms with E-state index >= 15 is 0 Å². The maximum Gasteiger partial charge on any atom is 0.508 e. The van der Waals surface area contributed by atoms with Crippen LogP contribution in [0.3, 0.4) is 0 Å². The van der Waals surface area contributed by atoms with Crippen molar-refractivity contribution in [3.05, 3.63) is 85.1 Å². The number of carbonyl (C=O) groups excluding carboxylic acids is 15. The Morgan fingerprint density at radius 3 is 1.36 bits per heavy atom. The molecule has 616 valence electrons. The molecule has 8 bridgehead atoms. The first-order valence-electron chi connectivity index (χ1n) is 36.4. The van der Waals surface area contributed by atoms with Crippen molar-refractivity contribution in [1.29, 1.82) is 10.5 Å². The van der Waals surface area contributed by atoms with Crippen LogP contribution < -0.4 is 0 Å². The van der Waals surface area contributed by atoms with E-state index in [0.29, 0.717) is 73.3 Å². The summed E-state index contributed by atoms with van der Waals surface area (Å²) in [5.41, 5.74) is -0.0230. The van der Waals surface area contributed by atoms with Gasteiger partial charge < -0.3 is 75.8 Å². The van der Waals surface area contributed by atoms with Crippen molar-refractivity contribution >= 4 is 99.8 Å². The van der Waals surface area contributed by atoms with Crippen LogP contribution in [-0.4, -0.2) is 210 Å². The van der Waals surface area contributed by atoms with Crippen LogP contribution in [0.1, 0.15) is 113 Å². The third-order valence-corrected chi connectivity index (χ3v) is 23.5. The standard InChI is InChI=1S/C15H15NO6.C13H13NO4.C13H16O7S.C12H14O4.C8H10O5.2C8H10O4/c1-7(2)13(18)20-5-10(17)21-11-8-3-9-12(11)22-14(19)15(9,4-8)6-16;1-6(2)11(15)17-9-7-3-8-10(9)18-12(16)13(8,4-7)5-14;1-6(2)13(15)18-5-10(14)19-11-7-3-8-9(4-7)21(16,17)20-12(8)11;1-5(2)11(13)15-9-6-3-7-8(4-6)12(14)16-10(7)9;1-5(2)7(9)11-3-6-4-12-8(10)13-6;1-5(2)8(10)12-6-3-7(9)11-4-6;1-5(2)7(9)12-6-3-4-11-8(6)10/h8-9,11-12H,1,3-5H2,2H3;7-10H,1,3-4H2,2H3;7-9,11-12H,1,3-5H2,2H3;6-10H,1,3-4H2,2H3;6H,1,3-4H2,2H3;2*6H,1,3-4H2,2H3. The summed E-state index contributed by atoms with van der Waals surface area (Å²) in [5.74, 6) is -6.74. The number of fused-ring (bicyclic) bond motifs is 4. The molecule has 7 saturated heterocycles. The number of carbonyl (C=O) groups is 15. The summed E-state index contributed by atoms with van der Waals surface area (Å²) in [6, 6.07) is 4.20. The minimum atomic E-state index is -3.53. The van der Waals surface area contributed by atoms with Gasteiger partial charge in [-0.3, -0.25) is 23.4 Å². The van der Waals surface area contributed by atoms with Gasteiger partial charge in [0.05, 0.1) is 36.3 Å². The Bertz CT molecular complexity index is 4290. The van der Waals surface area contributed by atoms with Crippen molar-refractivity contribution in [3.63, 3.8) is 0 Å². The van der Waals surface area contributed by atoms with Crippen LogP contribution in [0.25, 0.3) is 0 Å². The maximum absolute atomic E-state index is 11.9. The van der Waals surface area contributed by atoms with E-state index in [4.69, 9.17) is 61.0 Å². The number of cyclic esters (lactones) is 4. The molecule has 0 N–H and O–H groups in total. The summed E-state index contributed by atoms with van der Waals surface area (Å²) in [4.78, 5) is 169. The van der Waals surface area contributed by atoms with Crippen molar-refractivity contribution in [3.8, 4) is 12.1 Å². The van der Waals surface area contributed by atoms with Gasteiger partial charge in [0, 0.05) is 92.8 Å². The Hall–Kier alpha value is -11.1. The number of ether oxygens (including phenoxy) is 16. The second-order valence-electron chi connectivity index (χ2n) is 30.3. The SMILES string of the molecule is C=C(C)C(=O)OC1C2CC3C(=O)OC1C3C2.C=C(C)C(=O)OC1C2CC3C1OC(=O)C3(C#N)C2.C=C(C)C(=O)OC1CCOC1=O.C=C(C)C(=O)OC1COC(=O)C1.C=C(C)C(=O)OCC(=O)OC1C2CC3C1OC(=O)C3(C#N)C2.C=C(C)C(=O)OCC(=O)OC1C2CC3C1OS(=O)(=O)C3C2.C=C(C)C(=O)OCC1COC(=O)O1. The van der Waals surface area contributed by atoms with Crippen molar-refractivity contribution < 1.29 is 160 Å². The van der Waals surface area contributed by atoms with E-state index in [1.54, 1.807) is 27.7 Å². The number of nitriles is 2. The third kappa shape index (κ3) is 18.9. The van der Waals surface area contributed by atoms with Gasteiger partial charge in [-0.1, -0.05) is 46.1 Å².